The molecule has 2 aliphatic rings. The molecule has 1 saturated carbocycles. The van der Waals surface area contributed by atoms with E-state index in [4.69, 9.17) is 4.98 Å². The second kappa shape index (κ2) is 9.87. The zero-order chi connectivity index (χ0) is 27.1. The topological polar surface area (TPSA) is 124 Å². The number of nitrogens with one attached hydrogen (secondary N) is 3. The average molecular weight is 547 g/mol. The van der Waals surface area contributed by atoms with Crippen LogP contribution in [0.1, 0.15) is 41.6 Å². The second-order valence-electron chi connectivity index (χ2n) is 10.9. The quantitative estimate of drug-likeness (QED) is 0.197. The first-order chi connectivity index (χ1) is 18.7. The molecule has 6 rings (SSSR count). The molecule has 0 spiro atoms. The van der Waals surface area contributed by atoms with Crippen LogP contribution in [0.3, 0.4) is 0 Å². The van der Waals surface area contributed by atoms with Crippen LogP contribution in [0.15, 0.2) is 66.9 Å². The maximum atomic E-state index is 12.2. The first-order valence-corrected chi connectivity index (χ1v) is 15.9. The third-order valence-corrected chi connectivity index (χ3v) is 9.63. The van der Waals surface area contributed by atoms with Crippen molar-refractivity contribution in [2.75, 3.05) is 17.3 Å². The van der Waals surface area contributed by atoms with Crippen LogP contribution in [0.25, 0.3) is 16.8 Å². The number of nitrogens with zero attached hydrogens (tertiary/aromatic N) is 3. The van der Waals surface area contributed by atoms with Gasteiger partial charge in [-0.3, -0.25) is 4.79 Å². The lowest BCUT2D eigenvalue weighted by Crippen LogP contribution is -2.35. The summed E-state index contributed by atoms with van der Waals surface area (Å²) in [5.41, 5.74) is 5.38. The summed E-state index contributed by atoms with van der Waals surface area (Å²) in [6.45, 7) is 0.719. The Morgan fingerprint density at radius 2 is 1.79 bits per heavy atom. The summed E-state index contributed by atoms with van der Waals surface area (Å²) in [4.78, 5) is 17.0. The number of carbonyl (C=O) groups excluding carboxylic acids is 1. The molecule has 2 aromatic carbocycles. The molecule has 3 heterocycles. The lowest BCUT2D eigenvalue weighted by Gasteiger charge is -2.45. The summed E-state index contributed by atoms with van der Waals surface area (Å²) >= 11 is 0. The molecule has 0 saturated heterocycles. The van der Waals surface area contributed by atoms with Gasteiger partial charge in [0, 0.05) is 53.6 Å². The molecule has 0 bridgehead atoms. The van der Waals surface area contributed by atoms with Crippen LogP contribution in [-0.2, 0) is 6.54 Å². The highest BCUT2D eigenvalue weighted by Crippen LogP contribution is 2.49. The fourth-order valence-corrected chi connectivity index (χ4v) is 6.53. The maximum absolute atomic E-state index is 12.2. The second-order valence-corrected chi connectivity index (χ2v) is 14.8. The molecule has 1 unspecified atom stereocenters. The molecular weight excluding hydrogens is 512 g/mol. The third kappa shape index (κ3) is 6.20. The van der Waals surface area contributed by atoms with Crippen LogP contribution in [0.4, 0.5) is 11.6 Å². The van der Waals surface area contributed by atoms with Crippen molar-refractivity contribution in [1.82, 2.24) is 25.2 Å². The number of rotatable bonds is 8. The number of aromatic nitrogens is 3. The minimum absolute atomic E-state index is 0.0381. The van der Waals surface area contributed by atoms with E-state index >= 15 is 0 Å². The van der Waals surface area contributed by atoms with Crippen molar-refractivity contribution in [3.05, 3.63) is 78.0 Å². The standard InChI is InChI=1S/C29H34N6O3S/c1-39(37,38)17-14-23(15-18-39)30-19-20-4-6-21(7-5-20)26-3-2-16-35-27(26)33-29(34-35)32-25-10-8-22(9-11-25)28(36)31-24-12-13-24/h2-11,16-17,23-24,30,37-38H,12-15,18-19H2,1H3,(H,31,36)(H,32,34). The molecule has 2 aromatic heterocycles. The molecule has 4 aromatic rings. The first-order valence-electron chi connectivity index (χ1n) is 13.3. The number of hydrogen-bond donors (Lipinski definition) is 5. The predicted molar refractivity (Wildman–Crippen MR) is 158 cm³/mol. The highest BCUT2D eigenvalue weighted by molar-refractivity contribution is 8.38. The summed E-state index contributed by atoms with van der Waals surface area (Å²) in [7, 11) is -3.25. The van der Waals surface area contributed by atoms with Crippen molar-refractivity contribution in [2.24, 2.45) is 0 Å². The fourth-order valence-electron chi connectivity index (χ4n) is 4.77. The lowest BCUT2D eigenvalue weighted by molar-refractivity contribution is 0.0951. The molecule has 204 valence electrons. The highest BCUT2D eigenvalue weighted by atomic mass is 32.3. The van der Waals surface area contributed by atoms with Crippen molar-refractivity contribution in [3.63, 3.8) is 0 Å². The van der Waals surface area contributed by atoms with Gasteiger partial charge in [0.15, 0.2) is 5.65 Å². The number of benzene rings is 2. The smallest absolute Gasteiger partial charge is 0.251 e. The van der Waals surface area contributed by atoms with Gasteiger partial charge in [-0.1, -0.05) is 24.3 Å². The van der Waals surface area contributed by atoms with Gasteiger partial charge in [0.25, 0.3) is 5.91 Å². The van der Waals surface area contributed by atoms with Crippen molar-refractivity contribution in [3.8, 4) is 11.1 Å². The average Bonchev–Trinajstić information content (AvgIpc) is 3.64. The molecule has 1 fully saturated rings. The van der Waals surface area contributed by atoms with Gasteiger partial charge in [-0.05, 0) is 78.6 Å². The Bertz CT molecular complexity index is 1570. The molecule has 10 heteroatoms. The van der Waals surface area contributed by atoms with Gasteiger partial charge in [0.1, 0.15) is 0 Å². The van der Waals surface area contributed by atoms with E-state index in [9.17, 15) is 13.9 Å². The van der Waals surface area contributed by atoms with Crippen LogP contribution in [-0.4, -0.2) is 59.1 Å². The number of amides is 1. The molecule has 9 nitrogen and oxygen atoms in total. The zero-order valence-electron chi connectivity index (χ0n) is 21.9. The number of hydrogen-bond acceptors (Lipinski definition) is 7. The maximum Gasteiger partial charge on any atom is 0.251 e. The van der Waals surface area contributed by atoms with E-state index < -0.39 is 9.31 Å². The summed E-state index contributed by atoms with van der Waals surface area (Å²) in [6.07, 6.45) is 6.98. The van der Waals surface area contributed by atoms with Gasteiger partial charge in [0.05, 0.1) is 0 Å². The summed E-state index contributed by atoms with van der Waals surface area (Å²) < 4.78 is 22.2. The fraction of sp³-hybridized carbons (Fsp3) is 0.310. The van der Waals surface area contributed by atoms with Crippen molar-refractivity contribution in [1.29, 1.82) is 0 Å². The molecular formula is C29H34N6O3S. The minimum atomic E-state index is -3.25. The van der Waals surface area contributed by atoms with E-state index in [1.807, 2.05) is 30.5 Å². The molecule has 1 atom stereocenters. The van der Waals surface area contributed by atoms with Gasteiger partial charge >= 0.3 is 0 Å². The SMILES string of the molecule is CS1(O)(O)=CCC(NCc2ccc(-c3cccn4nc(Nc5ccc(C(=O)NC6CC6)cc5)nc34)cc2)CC1. The molecule has 1 aliphatic carbocycles. The normalized spacial score (nSPS) is 20.9. The Morgan fingerprint density at radius 3 is 2.49 bits per heavy atom. The molecule has 1 aliphatic heterocycles. The zero-order valence-corrected chi connectivity index (χ0v) is 22.7. The van der Waals surface area contributed by atoms with Gasteiger partial charge in [0.2, 0.25) is 5.95 Å². The van der Waals surface area contributed by atoms with E-state index in [0.29, 0.717) is 29.7 Å². The molecule has 0 radical (unpaired) electrons. The Hall–Kier alpha value is -3.57. The minimum Gasteiger partial charge on any atom is -0.349 e. The van der Waals surface area contributed by atoms with Crippen LogP contribution in [0, 0.1) is 0 Å². The van der Waals surface area contributed by atoms with E-state index in [1.54, 1.807) is 28.3 Å². The van der Waals surface area contributed by atoms with Gasteiger partial charge in [-0.25, -0.2) is 13.8 Å². The summed E-state index contributed by atoms with van der Waals surface area (Å²) in [5.74, 6) is 0.869. The molecule has 1 amide bonds. The third-order valence-electron chi connectivity index (χ3n) is 7.32. The Kier molecular flexibility index (Phi) is 6.50. The van der Waals surface area contributed by atoms with Crippen LogP contribution >= 0.6 is 9.31 Å². The van der Waals surface area contributed by atoms with E-state index in [1.165, 1.54) is 0 Å². The van der Waals surface area contributed by atoms with Crippen LogP contribution in [0.5, 0.6) is 0 Å². The predicted octanol–water partition coefficient (Wildman–Crippen LogP) is 5.00. The van der Waals surface area contributed by atoms with Crippen LogP contribution in [0.2, 0.25) is 0 Å². The molecule has 5 N–H and O–H groups in total. The summed E-state index contributed by atoms with van der Waals surface area (Å²) in [5, 5.41) is 16.1. The van der Waals surface area contributed by atoms with Crippen LogP contribution < -0.4 is 16.0 Å². The molecule has 39 heavy (non-hydrogen) atoms. The summed E-state index contributed by atoms with van der Waals surface area (Å²) in [6, 6.07) is 20.3. The Morgan fingerprint density at radius 1 is 1.03 bits per heavy atom. The van der Waals surface area contributed by atoms with E-state index in [2.05, 4.69) is 45.3 Å². The van der Waals surface area contributed by atoms with Gasteiger partial charge in [-0.2, -0.15) is 4.98 Å². The monoisotopic (exact) mass is 546 g/mol. The Labute approximate surface area is 227 Å². The van der Waals surface area contributed by atoms with Gasteiger partial charge in [-0.15, -0.1) is 5.10 Å². The number of carbonyl (C=O) groups is 1. The van der Waals surface area contributed by atoms with E-state index in [-0.39, 0.29) is 11.9 Å². The highest BCUT2D eigenvalue weighted by Gasteiger charge is 2.24. The number of pyridine rings is 1. The largest absolute Gasteiger partial charge is 0.349 e. The van der Waals surface area contributed by atoms with Gasteiger partial charge < -0.3 is 25.1 Å². The van der Waals surface area contributed by atoms with Crippen molar-refractivity contribution >= 4 is 37.9 Å². The number of anilines is 2. The first kappa shape index (κ1) is 25.7. The Balaban J connectivity index is 1.12. The number of fused-ring (bicyclic) bond motifs is 1. The van der Waals surface area contributed by atoms with Crippen molar-refractivity contribution in [2.45, 2.75) is 44.3 Å². The lowest BCUT2D eigenvalue weighted by atomic mass is 10.0. The van der Waals surface area contributed by atoms with Crippen molar-refractivity contribution < 1.29 is 13.9 Å². The van der Waals surface area contributed by atoms with E-state index in [0.717, 1.165) is 53.8 Å².